The maximum absolute atomic E-state index is 13.2. The molecular weight excluding hydrogens is 362 g/mol. The molecule has 2 N–H and O–H groups in total. The topological polar surface area (TPSA) is 54.0 Å². The average molecular weight is 375 g/mol. The van der Waals surface area contributed by atoms with Crippen molar-refractivity contribution in [1.29, 1.82) is 0 Å². The molecule has 138 valence electrons. The minimum atomic E-state index is -4.46. The Morgan fingerprint density at radius 1 is 0.926 bits per heavy atom. The quantitative estimate of drug-likeness (QED) is 0.614. The molecule has 0 radical (unpaired) electrons. The van der Waals surface area contributed by atoms with Gasteiger partial charge in [-0.25, -0.2) is 9.37 Å². The van der Waals surface area contributed by atoms with Crippen molar-refractivity contribution in [2.75, 3.05) is 10.6 Å². The van der Waals surface area contributed by atoms with Crippen LogP contribution in [-0.2, 0) is 6.18 Å². The fraction of sp³-hybridized carbons (Fsp3) is 0.0526. The first kappa shape index (κ1) is 18.4. The third kappa shape index (κ3) is 4.81. The van der Waals surface area contributed by atoms with Crippen LogP contribution in [0.1, 0.15) is 15.9 Å². The van der Waals surface area contributed by atoms with Crippen molar-refractivity contribution < 1.29 is 22.4 Å². The van der Waals surface area contributed by atoms with Gasteiger partial charge in [-0.05, 0) is 54.6 Å². The van der Waals surface area contributed by atoms with Crippen molar-refractivity contribution in [3.63, 3.8) is 0 Å². The van der Waals surface area contributed by atoms with Gasteiger partial charge in [0, 0.05) is 11.3 Å². The largest absolute Gasteiger partial charge is 0.416 e. The number of alkyl halides is 3. The molecule has 0 fully saturated rings. The van der Waals surface area contributed by atoms with E-state index in [0.717, 1.165) is 24.3 Å². The Morgan fingerprint density at radius 3 is 2.26 bits per heavy atom. The molecule has 0 saturated heterocycles. The first-order chi connectivity index (χ1) is 12.8. The van der Waals surface area contributed by atoms with Gasteiger partial charge in [0.15, 0.2) is 0 Å². The summed E-state index contributed by atoms with van der Waals surface area (Å²) in [4.78, 5) is 16.2. The number of hydrogen-bond acceptors (Lipinski definition) is 3. The lowest BCUT2D eigenvalue weighted by atomic mass is 10.1. The molecule has 1 amide bonds. The molecular formula is C19H13F4N3O. The fourth-order valence-corrected chi connectivity index (χ4v) is 2.27. The highest BCUT2D eigenvalue weighted by Crippen LogP contribution is 2.29. The first-order valence-corrected chi connectivity index (χ1v) is 7.78. The lowest BCUT2D eigenvalue weighted by Gasteiger charge is -2.09. The van der Waals surface area contributed by atoms with E-state index in [4.69, 9.17) is 0 Å². The molecule has 27 heavy (non-hydrogen) atoms. The number of nitrogens with zero attached hydrogens (tertiary/aromatic N) is 1. The number of carbonyl (C=O) groups is 1. The lowest BCUT2D eigenvalue weighted by molar-refractivity contribution is -0.137. The molecule has 2 aromatic carbocycles. The Morgan fingerprint density at radius 2 is 1.67 bits per heavy atom. The number of nitrogens with one attached hydrogen (secondary N) is 2. The number of pyridine rings is 1. The summed E-state index contributed by atoms with van der Waals surface area (Å²) in [5, 5.41) is 5.45. The maximum atomic E-state index is 13.2. The molecule has 1 aromatic heterocycles. The van der Waals surface area contributed by atoms with Gasteiger partial charge in [0.1, 0.15) is 11.6 Å². The molecule has 3 rings (SSSR count). The van der Waals surface area contributed by atoms with Crippen LogP contribution in [0.3, 0.4) is 0 Å². The number of halogens is 4. The molecule has 0 atom stereocenters. The van der Waals surface area contributed by atoms with Crippen molar-refractivity contribution in [1.82, 2.24) is 4.98 Å². The van der Waals surface area contributed by atoms with Crippen LogP contribution in [-0.4, -0.2) is 10.9 Å². The zero-order chi connectivity index (χ0) is 19.4. The van der Waals surface area contributed by atoms with Crippen LogP contribution >= 0.6 is 0 Å². The average Bonchev–Trinajstić information content (AvgIpc) is 2.63. The minimum absolute atomic E-state index is 0.0757. The number of benzene rings is 2. The summed E-state index contributed by atoms with van der Waals surface area (Å²) in [6, 6.07) is 12.9. The number of anilines is 3. The van der Waals surface area contributed by atoms with Crippen LogP contribution in [0, 0.1) is 5.82 Å². The van der Waals surface area contributed by atoms with Crippen molar-refractivity contribution in [2.24, 2.45) is 0 Å². The van der Waals surface area contributed by atoms with Gasteiger partial charge in [-0.3, -0.25) is 4.79 Å². The summed E-state index contributed by atoms with van der Waals surface area (Å²) < 4.78 is 50.8. The predicted molar refractivity (Wildman–Crippen MR) is 93.3 cm³/mol. The van der Waals surface area contributed by atoms with Crippen LogP contribution in [0.15, 0.2) is 66.9 Å². The van der Waals surface area contributed by atoms with Crippen LogP contribution in [0.4, 0.5) is 34.8 Å². The summed E-state index contributed by atoms with van der Waals surface area (Å²) >= 11 is 0. The Labute approximate surface area is 151 Å². The third-order valence-electron chi connectivity index (χ3n) is 3.59. The van der Waals surface area contributed by atoms with Crippen molar-refractivity contribution >= 4 is 23.1 Å². The second kappa shape index (κ2) is 7.45. The Hall–Kier alpha value is -3.42. The third-order valence-corrected chi connectivity index (χ3v) is 3.59. The monoisotopic (exact) mass is 375 g/mol. The second-order valence-electron chi connectivity index (χ2n) is 5.60. The molecule has 4 nitrogen and oxygen atoms in total. The van der Waals surface area contributed by atoms with Gasteiger partial charge in [0.05, 0.1) is 17.4 Å². The van der Waals surface area contributed by atoms with E-state index in [0.29, 0.717) is 11.4 Å². The highest BCUT2D eigenvalue weighted by molar-refractivity contribution is 6.03. The van der Waals surface area contributed by atoms with Crippen LogP contribution in [0.5, 0.6) is 0 Å². The van der Waals surface area contributed by atoms with Crippen LogP contribution < -0.4 is 10.6 Å². The lowest BCUT2D eigenvalue weighted by Crippen LogP contribution is -2.13. The maximum Gasteiger partial charge on any atom is 0.416 e. The Bertz CT molecular complexity index is 938. The van der Waals surface area contributed by atoms with E-state index >= 15 is 0 Å². The molecule has 3 aromatic rings. The van der Waals surface area contributed by atoms with Crippen LogP contribution in [0.2, 0.25) is 0 Å². The number of hydrogen-bond donors (Lipinski definition) is 2. The van der Waals surface area contributed by atoms with Crippen molar-refractivity contribution in [3.8, 4) is 0 Å². The normalized spacial score (nSPS) is 11.1. The SMILES string of the molecule is O=C(Nc1ccc(Nc2cccc(F)c2)cn1)c1ccc(C(F)(F)F)cc1. The molecule has 0 aliphatic rings. The zero-order valence-corrected chi connectivity index (χ0v) is 13.7. The van der Waals surface area contributed by atoms with Gasteiger partial charge in [0.25, 0.3) is 5.91 Å². The van der Waals surface area contributed by atoms with E-state index in [2.05, 4.69) is 15.6 Å². The molecule has 1 heterocycles. The van der Waals surface area contributed by atoms with Gasteiger partial charge >= 0.3 is 6.18 Å². The van der Waals surface area contributed by atoms with Crippen molar-refractivity contribution in [3.05, 3.63) is 83.8 Å². The molecule has 0 spiro atoms. The highest BCUT2D eigenvalue weighted by atomic mass is 19.4. The number of rotatable bonds is 4. The molecule has 0 unspecified atom stereocenters. The van der Waals surface area contributed by atoms with Gasteiger partial charge in [0.2, 0.25) is 0 Å². The van der Waals surface area contributed by atoms with Gasteiger partial charge in [-0.2, -0.15) is 13.2 Å². The number of amides is 1. The molecule has 0 aliphatic heterocycles. The predicted octanol–water partition coefficient (Wildman–Crippen LogP) is 5.24. The van der Waals surface area contributed by atoms with Gasteiger partial charge in [-0.15, -0.1) is 0 Å². The summed E-state index contributed by atoms with van der Waals surface area (Å²) in [6.07, 6.45) is -3.02. The molecule has 8 heteroatoms. The number of carbonyl (C=O) groups excluding carboxylic acids is 1. The summed E-state index contributed by atoms with van der Waals surface area (Å²) in [6.45, 7) is 0. The molecule has 0 bridgehead atoms. The fourth-order valence-electron chi connectivity index (χ4n) is 2.27. The Kier molecular flexibility index (Phi) is 5.07. The van der Waals surface area contributed by atoms with E-state index < -0.39 is 17.6 Å². The summed E-state index contributed by atoms with van der Waals surface area (Å²) in [5.74, 6) is -0.736. The van der Waals surface area contributed by atoms with Crippen molar-refractivity contribution in [2.45, 2.75) is 6.18 Å². The minimum Gasteiger partial charge on any atom is -0.354 e. The first-order valence-electron chi connectivity index (χ1n) is 7.78. The standard InChI is InChI=1S/C19H13F4N3O/c20-14-2-1-3-15(10-14)25-16-8-9-17(24-11-16)26-18(27)12-4-6-13(7-5-12)19(21,22)23/h1-11,25H,(H,24,26,27). The van der Waals surface area contributed by atoms with E-state index in [-0.39, 0.29) is 17.2 Å². The number of aromatic nitrogens is 1. The smallest absolute Gasteiger partial charge is 0.354 e. The van der Waals surface area contributed by atoms with Gasteiger partial charge in [-0.1, -0.05) is 6.07 Å². The van der Waals surface area contributed by atoms with Gasteiger partial charge < -0.3 is 10.6 Å². The molecule has 0 aliphatic carbocycles. The highest BCUT2D eigenvalue weighted by Gasteiger charge is 2.30. The van der Waals surface area contributed by atoms with Crippen LogP contribution in [0.25, 0.3) is 0 Å². The van der Waals surface area contributed by atoms with E-state index in [9.17, 15) is 22.4 Å². The Balaban J connectivity index is 1.64. The van der Waals surface area contributed by atoms with E-state index in [1.807, 2.05) is 0 Å². The van der Waals surface area contributed by atoms with E-state index in [1.54, 1.807) is 18.2 Å². The van der Waals surface area contributed by atoms with E-state index in [1.165, 1.54) is 24.4 Å². The zero-order valence-electron chi connectivity index (χ0n) is 13.7. The summed E-state index contributed by atoms with van der Waals surface area (Å²) in [5.41, 5.74) is 0.364. The molecule has 0 saturated carbocycles. The second-order valence-corrected chi connectivity index (χ2v) is 5.60. The summed E-state index contributed by atoms with van der Waals surface area (Å²) in [7, 11) is 0.